The van der Waals surface area contributed by atoms with Crippen molar-refractivity contribution in [3.05, 3.63) is 66.2 Å². The molecule has 0 spiro atoms. The molecule has 0 fully saturated rings. The SMILES string of the molecule is CC(C)C[C@H](N)/C=C/c1ccc(-c2ccccc2)cc1. The predicted octanol–water partition coefficient (Wildman–Crippen LogP) is 4.74. The molecule has 1 heteroatoms. The molecule has 2 aromatic rings. The van der Waals surface area contributed by atoms with E-state index in [4.69, 9.17) is 5.73 Å². The summed E-state index contributed by atoms with van der Waals surface area (Å²) in [7, 11) is 0. The third kappa shape index (κ3) is 4.36. The number of rotatable bonds is 5. The summed E-state index contributed by atoms with van der Waals surface area (Å²) in [5.74, 6) is 0.634. The molecule has 20 heavy (non-hydrogen) atoms. The molecule has 0 aliphatic carbocycles. The van der Waals surface area contributed by atoms with Crippen molar-refractivity contribution in [1.82, 2.24) is 0 Å². The minimum Gasteiger partial charge on any atom is -0.324 e. The van der Waals surface area contributed by atoms with Crippen LogP contribution in [0.4, 0.5) is 0 Å². The van der Waals surface area contributed by atoms with Gasteiger partial charge in [0.25, 0.3) is 0 Å². The molecule has 1 atom stereocenters. The van der Waals surface area contributed by atoms with E-state index in [1.54, 1.807) is 0 Å². The van der Waals surface area contributed by atoms with Gasteiger partial charge >= 0.3 is 0 Å². The molecule has 0 saturated heterocycles. The van der Waals surface area contributed by atoms with Gasteiger partial charge in [-0.15, -0.1) is 0 Å². The highest BCUT2D eigenvalue weighted by molar-refractivity contribution is 5.65. The number of hydrogen-bond acceptors (Lipinski definition) is 1. The summed E-state index contributed by atoms with van der Waals surface area (Å²) in [6, 6.07) is 19.2. The van der Waals surface area contributed by atoms with Gasteiger partial charge in [-0.25, -0.2) is 0 Å². The van der Waals surface area contributed by atoms with Crippen LogP contribution in [0, 0.1) is 5.92 Å². The fourth-order valence-electron chi connectivity index (χ4n) is 2.27. The first kappa shape index (κ1) is 14.5. The highest BCUT2D eigenvalue weighted by Crippen LogP contribution is 2.19. The molecule has 2 aromatic carbocycles. The summed E-state index contributed by atoms with van der Waals surface area (Å²) in [6.45, 7) is 4.39. The molecule has 104 valence electrons. The Hall–Kier alpha value is -1.86. The van der Waals surface area contributed by atoms with Crippen LogP contribution in [0.2, 0.25) is 0 Å². The van der Waals surface area contributed by atoms with Crippen LogP contribution in [0.1, 0.15) is 25.8 Å². The lowest BCUT2D eigenvalue weighted by Crippen LogP contribution is -2.18. The smallest absolute Gasteiger partial charge is 0.0229 e. The van der Waals surface area contributed by atoms with Crippen molar-refractivity contribution in [3.8, 4) is 11.1 Å². The Morgan fingerprint density at radius 3 is 2.10 bits per heavy atom. The molecule has 0 amide bonds. The van der Waals surface area contributed by atoms with Gasteiger partial charge in [-0.1, -0.05) is 80.6 Å². The lowest BCUT2D eigenvalue weighted by Gasteiger charge is -2.09. The first-order valence-corrected chi connectivity index (χ1v) is 7.24. The van der Waals surface area contributed by atoms with Crippen LogP contribution in [0.25, 0.3) is 17.2 Å². The van der Waals surface area contributed by atoms with Crippen molar-refractivity contribution < 1.29 is 0 Å². The standard InChI is InChI=1S/C19H23N/c1-15(2)14-19(20)13-10-16-8-11-18(12-9-16)17-6-4-3-5-7-17/h3-13,15,19H,14,20H2,1-2H3/b13-10+/t19-/m1/s1. The van der Waals surface area contributed by atoms with Gasteiger partial charge in [0.05, 0.1) is 0 Å². The molecule has 0 aliphatic rings. The van der Waals surface area contributed by atoms with Crippen molar-refractivity contribution in [1.29, 1.82) is 0 Å². The summed E-state index contributed by atoms with van der Waals surface area (Å²) < 4.78 is 0. The molecular formula is C19H23N. The molecule has 2 rings (SSSR count). The topological polar surface area (TPSA) is 26.0 Å². The summed E-state index contributed by atoms with van der Waals surface area (Å²) >= 11 is 0. The molecule has 0 bridgehead atoms. The lowest BCUT2D eigenvalue weighted by atomic mass is 10.0. The largest absolute Gasteiger partial charge is 0.324 e. The lowest BCUT2D eigenvalue weighted by molar-refractivity contribution is 0.547. The van der Waals surface area contributed by atoms with Gasteiger partial charge in [-0.3, -0.25) is 0 Å². The molecule has 0 aromatic heterocycles. The quantitative estimate of drug-likeness (QED) is 0.830. The maximum absolute atomic E-state index is 6.06. The fraction of sp³-hybridized carbons (Fsp3) is 0.263. The van der Waals surface area contributed by atoms with Gasteiger partial charge < -0.3 is 5.73 Å². The molecule has 0 unspecified atom stereocenters. The monoisotopic (exact) mass is 265 g/mol. The molecule has 0 aliphatic heterocycles. The first-order chi connectivity index (χ1) is 9.65. The molecule has 0 radical (unpaired) electrons. The van der Waals surface area contributed by atoms with Crippen molar-refractivity contribution in [2.45, 2.75) is 26.3 Å². The van der Waals surface area contributed by atoms with Crippen LogP contribution < -0.4 is 5.73 Å². The summed E-state index contributed by atoms with van der Waals surface area (Å²) in [6.07, 6.45) is 5.23. The third-order valence-electron chi connectivity index (χ3n) is 3.30. The van der Waals surface area contributed by atoms with E-state index in [0.717, 1.165) is 6.42 Å². The van der Waals surface area contributed by atoms with E-state index in [0.29, 0.717) is 5.92 Å². The molecule has 1 nitrogen and oxygen atoms in total. The third-order valence-corrected chi connectivity index (χ3v) is 3.30. The van der Waals surface area contributed by atoms with E-state index in [-0.39, 0.29) is 6.04 Å². The Bertz CT molecular complexity index is 538. The van der Waals surface area contributed by atoms with E-state index in [1.807, 2.05) is 6.07 Å². The maximum Gasteiger partial charge on any atom is 0.0229 e. The minimum absolute atomic E-state index is 0.142. The normalized spacial score (nSPS) is 13.0. The van der Waals surface area contributed by atoms with Gasteiger partial charge in [0.15, 0.2) is 0 Å². The second-order valence-corrected chi connectivity index (χ2v) is 5.64. The fourth-order valence-corrected chi connectivity index (χ4v) is 2.27. The second kappa shape index (κ2) is 7.06. The van der Waals surface area contributed by atoms with E-state index < -0.39 is 0 Å². The Morgan fingerprint density at radius 1 is 0.900 bits per heavy atom. The summed E-state index contributed by atoms with van der Waals surface area (Å²) in [4.78, 5) is 0. The maximum atomic E-state index is 6.06. The zero-order valence-electron chi connectivity index (χ0n) is 12.3. The minimum atomic E-state index is 0.142. The van der Waals surface area contributed by atoms with Crippen LogP contribution in [0.5, 0.6) is 0 Å². The average Bonchev–Trinajstić information content (AvgIpc) is 2.46. The van der Waals surface area contributed by atoms with Gasteiger partial charge in [0.2, 0.25) is 0 Å². The van der Waals surface area contributed by atoms with Crippen LogP contribution >= 0.6 is 0 Å². The van der Waals surface area contributed by atoms with Gasteiger partial charge in [0.1, 0.15) is 0 Å². The average molecular weight is 265 g/mol. The number of hydrogen-bond donors (Lipinski definition) is 1. The highest BCUT2D eigenvalue weighted by atomic mass is 14.6. The zero-order valence-corrected chi connectivity index (χ0v) is 12.3. The van der Waals surface area contributed by atoms with Crippen LogP contribution in [-0.2, 0) is 0 Å². The van der Waals surface area contributed by atoms with Gasteiger partial charge in [0, 0.05) is 6.04 Å². The van der Waals surface area contributed by atoms with E-state index in [9.17, 15) is 0 Å². The first-order valence-electron chi connectivity index (χ1n) is 7.24. The van der Waals surface area contributed by atoms with Crippen molar-refractivity contribution in [2.75, 3.05) is 0 Å². The predicted molar refractivity (Wildman–Crippen MR) is 88.3 cm³/mol. The zero-order chi connectivity index (χ0) is 14.4. The molecule has 0 saturated carbocycles. The molecule has 2 N–H and O–H groups in total. The molecular weight excluding hydrogens is 242 g/mol. The molecule has 0 heterocycles. The van der Waals surface area contributed by atoms with Gasteiger partial charge in [-0.05, 0) is 29.0 Å². The Kier molecular flexibility index (Phi) is 5.14. The highest BCUT2D eigenvalue weighted by Gasteiger charge is 2.01. The Balaban J connectivity index is 2.04. The van der Waals surface area contributed by atoms with Crippen LogP contribution in [-0.4, -0.2) is 6.04 Å². The van der Waals surface area contributed by atoms with E-state index in [1.165, 1.54) is 16.7 Å². The van der Waals surface area contributed by atoms with Crippen molar-refractivity contribution in [3.63, 3.8) is 0 Å². The second-order valence-electron chi connectivity index (χ2n) is 5.64. The van der Waals surface area contributed by atoms with E-state index in [2.05, 4.69) is 74.5 Å². The Morgan fingerprint density at radius 2 is 1.50 bits per heavy atom. The summed E-state index contributed by atoms with van der Waals surface area (Å²) in [5, 5.41) is 0. The van der Waals surface area contributed by atoms with E-state index >= 15 is 0 Å². The van der Waals surface area contributed by atoms with Crippen LogP contribution in [0.3, 0.4) is 0 Å². The van der Waals surface area contributed by atoms with Crippen LogP contribution in [0.15, 0.2) is 60.7 Å². The summed E-state index contributed by atoms with van der Waals surface area (Å²) in [5.41, 5.74) is 9.75. The van der Waals surface area contributed by atoms with Crippen molar-refractivity contribution in [2.24, 2.45) is 11.7 Å². The number of benzene rings is 2. The van der Waals surface area contributed by atoms with Crippen molar-refractivity contribution >= 4 is 6.08 Å². The number of nitrogens with two attached hydrogens (primary N) is 1. The van der Waals surface area contributed by atoms with Gasteiger partial charge in [-0.2, -0.15) is 0 Å². The Labute approximate surface area is 122 Å².